The number of halogens is 1. The van der Waals surface area contributed by atoms with Gasteiger partial charge in [-0.15, -0.1) is 0 Å². The van der Waals surface area contributed by atoms with Crippen LogP contribution in [0.3, 0.4) is 0 Å². The van der Waals surface area contributed by atoms with Gasteiger partial charge in [-0.1, -0.05) is 35.8 Å². The van der Waals surface area contributed by atoms with E-state index in [0.29, 0.717) is 17.4 Å². The fourth-order valence-corrected chi connectivity index (χ4v) is 3.96. The molecule has 0 fully saturated rings. The van der Waals surface area contributed by atoms with Crippen LogP contribution in [0.1, 0.15) is 33.1 Å². The lowest BCUT2D eigenvalue weighted by molar-refractivity contribution is 0.475. The van der Waals surface area contributed by atoms with Crippen molar-refractivity contribution in [1.29, 1.82) is 0 Å². The zero-order chi connectivity index (χ0) is 14.3. The maximum atomic E-state index is 12.2. The average molecular weight is 348 g/mol. The first kappa shape index (κ1) is 16.7. The summed E-state index contributed by atoms with van der Waals surface area (Å²) in [5.74, 6) is 0.214. The average Bonchev–Trinajstić information content (AvgIpc) is 2.37. The Morgan fingerprint density at radius 2 is 2.05 bits per heavy atom. The summed E-state index contributed by atoms with van der Waals surface area (Å²) >= 11 is 3.30. The Morgan fingerprint density at radius 3 is 2.63 bits per heavy atom. The second kappa shape index (κ2) is 8.02. The molecule has 0 aromatic heterocycles. The molecular formula is C14H22BrNO2S. The highest BCUT2D eigenvalue weighted by atomic mass is 79.9. The number of benzene rings is 1. The fourth-order valence-electron chi connectivity index (χ4n) is 2.04. The molecule has 0 aliphatic rings. The monoisotopic (exact) mass is 347 g/mol. The standard InChI is InChI=1S/C14H22BrNO2S/c1-3-13(16-4-2)8-6-10-19(17,18)14-9-5-7-12(15)11-14/h5,7,9,11,13,16H,3-4,6,8,10H2,1-2H3. The van der Waals surface area contributed by atoms with Crippen molar-refractivity contribution in [2.45, 2.75) is 44.0 Å². The molecule has 5 heteroatoms. The van der Waals surface area contributed by atoms with Crippen LogP contribution < -0.4 is 5.32 Å². The molecule has 0 amide bonds. The number of hydrogen-bond donors (Lipinski definition) is 1. The van der Waals surface area contributed by atoms with E-state index in [1.165, 1.54) is 0 Å². The molecule has 0 radical (unpaired) electrons. The highest BCUT2D eigenvalue weighted by molar-refractivity contribution is 9.10. The van der Waals surface area contributed by atoms with Gasteiger partial charge in [-0.05, 0) is 44.0 Å². The second-order valence-corrected chi connectivity index (χ2v) is 7.61. The van der Waals surface area contributed by atoms with Gasteiger partial charge in [0.15, 0.2) is 9.84 Å². The van der Waals surface area contributed by atoms with Gasteiger partial charge in [-0.3, -0.25) is 0 Å². The van der Waals surface area contributed by atoms with Gasteiger partial charge in [-0.25, -0.2) is 8.42 Å². The molecule has 0 aliphatic carbocycles. The van der Waals surface area contributed by atoms with Crippen molar-refractivity contribution < 1.29 is 8.42 Å². The molecule has 0 saturated heterocycles. The minimum atomic E-state index is -3.16. The minimum absolute atomic E-state index is 0.214. The van der Waals surface area contributed by atoms with Crippen LogP contribution in [0.4, 0.5) is 0 Å². The van der Waals surface area contributed by atoms with Gasteiger partial charge >= 0.3 is 0 Å². The molecule has 0 saturated carbocycles. The lowest BCUT2D eigenvalue weighted by Crippen LogP contribution is -2.28. The van der Waals surface area contributed by atoms with Crippen molar-refractivity contribution in [2.75, 3.05) is 12.3 Å². The summed E-state index contributed by atoms with van der Waals surface area (Å²) in [6.07, 6.45) is 2.63. The Labute approximate surface area is 124 Å². The summed E-state index contributed by atoms with van der Waals surface area (Å²) in [5, 5.41) is 3.37. The zero-order valence-electron chi connectivity index (χ0n) is 11.5. The molecule has 0 heterocycles. The molecule has 0 aliphatic heterocycles. The Balaban J connectivity index is 2.56. The van der Waals surface area contributed by atoms with E-state index in [1.54, 1.807) is 18.2 Å². The summed E-state index contributed by atoms with van der Waals surface area (Å²) < 4.78 is 25.1. The molecule has 19 heavy (non-hydrogen) atoms. The van der Waals surface area contributed by atoms with Gasteiger partial charge in [0.2, 0.25) is 0 Å². The third kappa shape index (κ3) is 5.63. The van der Waals surface area contributed by atoms with E-state index < -0.39 is 9.84 Å². The van der Waals surface area contributed by atoms with Crippen molar-refractivity contribution in [3.63, 3.8) is 0 Å². The summed E-state index contributed by atoms with van der Waals surface area (Å²) in [7, 11) is -3.16. The molecule has 0 bridgehead atoms. The van der Waals surface area contributed by atoms with Gasteiger partial charge in [0.05, 0.1) is 10.6 Å². The number of sulfone groups is 1. The predicted molar refractivity (Wildman–Crippen MR) is 83.2 cm³/mol. The summed E-state index contributed by atoms with van der Waals surface area (Å²) in [5.41, 5.74) is 0. The van der Waals surface area contributed by atoms with Gasteiger partial charge < -0.3 is 5.32 Å². The van der Waals surface area contributed by atoms with Crippen molar-refractivity contribution in [1.82, 2.24) is 5.32 Å². The largest absolute Gasteiger partial charge is 0.314 e. The highest BCUT2D eigenvalue weighted by Crippen LogP contribution is 2.18. The van der Waals surface area contributed by atoms with E-state index in [4.69, 9.17) is 0 Å². The molecule has 0 spiro atoms. The Kier molecular flexibility index (Phi) is 7.04. The summed E-state index contributed by atoms with van der Waals surface area (Å²) in [6.45, 7) is 5.12. The lowest BCUT2D eigenvalue weighted by atomic mass is 10.1. The van der Waals surface area contributed by atoms with Crippen LogP contribution in [0.5, 0.6) is 0 Å². The first-order chi connectivity index (χ1) is 8.99. The van der Waals surface area contributed by atoms with Crippen LogP contribution in [0, 0.1) is 0 Å². The molecule has 1 atom stereocenters. The topological polar surface area (TPSA) is 46.2 Å². The van der Waals surface area contributed by atoms with Crippen LogP contribution in [-0.2, 0) is 9.84 Å². The van der Waals surface area contributed by atoms with E-state index in [-0.39, 0.29) is 5.75 Å². The van der Waals surface area contributed by atoms with Gasteiger partial charge in [0.1, 0.15) is 0 Å². The minimum Gasteiger partial charge on any atom is -0.314 e. The lowest BCUT2D eigenvalue weighted by Gasteiger charge is -2.15. The van der Waals surface area contributed by atoms with Gasteiger partial charge in [0.25, 0.3) is 0 Å². The Hall–Kier alpha value is -0.390. The Bertz CT molecular complexity index is 488. The van der Waals surface area contributed by atoms with Gasteiger partial charge in [-0.2, -0.15) is 0 Å². The predicted octanol–water partition coefficient (Wildman–Crippen LogP) is 3.39. The van der Waals surface area contributed by atoms with E-state index in [9.17, 15) is 8.42 Å². The number of hydrogen-bond acceptors (Lipinski definition) is 3. The summed E-state index contributed by atoms with van der Waals surface area (Å²) in [4.78, 5) is 0.401. The van der Waals surface area contributed by atoms with Crippen molar-refractivity contribution >= 4 is 25.8 Å². The van der Waals surface area contributed by atoms with Crippen LogP contribution in [-0.4, -0.2) is 26.8 Å². The SMILES string of the molecule is CCNC(CC)CCCS(=O)(=O)c1cccc(Br)c1. The summed E-state index contributed by atoms with van der Waals surface area (Å²) in [6, 6.07) is 7.32. The fraction of sp³-hybridized carbons (Fsp3) is 0.571. The third-order valence-corrected chi connectivity index (χ3v) is 5.40. The van der Waals surface area contributed by atoms with E-state index >= 15 is 0 Å². The van der Waals surface area contributed by atoms with Crippen LogP contribution >= 0.6 is 15.9 Å². The van der Waals surface area contributed by atoms with Crippen molar-refractivity contribution in [3.8, 4) is 0 Å². The van der Waals surface area contributed by atoms with Crippen molar-refractivity contribution in [3.05, 3.63) is 28.7 Å². The van der Waals surface area contributed by atoms with E-state index in [2.05, 4.69) is 35.1 Å². The second-order valence-electron chi connectivity index (χ2n) is 4.58. The smallest absolute Gasteiger partial charge is 0.178 e. The van der Waals surface area contributed by atoms with Crippen LogP contribution in [0.15, 0.2) is 33.6 Å². The normalized spacial score (nSPS) is 13.4. The molecule has 1 aromatic rings. The molecule has 1 aromatic carbocycles. The number of rotatable bonds is 8. The molecule has 1 N–H and O–H groups in total. The molecule has 1 rings (SSSR count). The Morgan fingerprint density at radius 1 is 1.32 bits per heavy atom. The maximum absolute atomic E-state index is 12.2. The number of nitrogens with one attached hydrogen (secondary N) is 1. The maximum Gasteiger partial charge on any atom is 0.178 e. The first-order valence-electron chi connectivity index (χ1n) is 6.71. The van der Waals surface area contributed by atoms with Crippen LogP contribution in [0.25, 0.3) is 0 Å². The van der Waals surface area contributed by atoms with Crippen LogP contribution in [0.2, 0.25) is 0 Å². The van der Waals surface area contributed by atoms with E-state index in [1.807, 2.05) is 6.07 Å². The molecular weight excluding hydrogens is 326 g/mol. The van der Waals surface area contributed by atoms with Crippen molar-refractivity contribution in [2.24, 2.45) is 0 Å². The quantitative estimate of drug-likeness (QED) is 0.783. The molecule has 108 valence electrons. The van der Waals surface area contributed by atoms with E-state index in [0.717, 1.165) is 23.9 Å². The third-order valence-electron chi connectivity index (χ3n) is 3.11. The first-order valence-corrected chi connectivity index (χ1v) is 9.15. The molecule has 3 nitrogen and oxygen atoms in total. The highest BCUT2D eigenvalue weighted by Gasteiger charge is 2.15. The zero-order valence-corrected chi connectivity index (χ0v) is 13.9. The molecule has 1 unspecified atom stereocenters. The van der Waals surface area contributed by atoms with Gasteiger partial charge in [0, 0.05) is 10.5 Å².